The molecule has 1 atom stereocenters. The van der Waals surface area contributed by atoms with Gasteiger partial charge in [-0.1, -0.05) is 36.4 Å². The van der Waals surface area contributed by atoms with Gasteiger partial charge in [-0.05, 0) is 30.6 Å². The zero-order chi connectivity index (χ0) is 12.7. The standard InChI is InChI=1S/C14H11NO2S/c1-9-13(16)15(14(18)17-9)12-8-4-6-10-5-2-3-7-11(10)12/h2-9H,1H3. The fourth-order valence-electron chi connectivity index (χ4n) is 2.15. The Balaban J connectivity index is 2.21. The summed E-state index contributed by atoms with van der Waals surface area (Å²) in [6.07, 6.45) is -0.503. The number of ether oxygens (including phenoxy) is 1. The van der Waals surface area contributed by atoms with Gasteiger partial charge in [0.15, 0.2) is 6.10 Å². The van der Waals surface area contributed by atoms with Crippen molar-refractivity contribution in [2.45, 2.75) is 13.0 Å². The second-order valence-electron chi connectivity index (χ2n) is 4.20. The van der Waals surface area contributed by atoms with Crippen molar-refractivity contribution in [1.29, 1.82) is 0 Å². The van der Waals surface area contributed by atoms with Gasteiger partial charge < -0.3 is 4.74 Å². The molecule has 0 bridgehead atoms. The third-order valence-corrected chi connectivity index (χ3v) is 3.31. The van der Waals surface area contributed by atoms with Gasteiger partial charge >= 0.3 is 0 Å². The summed E-state index contributed by atoms with van der Waals surface area (Å²) in [5.41, 5.74) is 0.785. The van der Waals surface area contributed by atoms with Gasteiger partial charge in [0, 0.05) is 5.39 Å². The molecular formula is C14H11NO2S. The van der Waals surface area contributed by atoms with Gasteiger partial charge in [0.25, 0.3) is 11.1 Å². The predicted molar refractivity (Wildman–Crippen MR) is 74.6 cm³/mol. The van der Waals surface area contributed by atoms with Crippen molar-refractivity contribution in [3.8, 4) is 0 Å². The Hall–Kier alpha value is -1.94. The highest BCUT2D eigenvalue weighted by molar-refractivity contribution is 7.80. The number of nitrogens with zero attached hydrogens (tertiary/aromatic N) is 1. The molecule has 1 fully saturated rings. The number of hydrogen-bond acceptors (Lipinski definition) is 3. The number of anilines is 1. The molecule has 0 saturated carbocycles. The lowest BCUT2D eigenvalue weighted by Crippen LogP contribution is -2.30. The van der Waals surface area contributed by atoms with Gasteiger partial charge in [0.05, 0.1) is 5.69 Å². The molecule has 0 aromatic heterocycles. The Morgan fingerprint density at radius 3 is 2.61 bits per heavy atom. The summed E-state index contributed by atoms with van der Waals surface area (Å²) in [6.45, 7) is 1.71. The normalized spacial score (nSPS) is 19.4. The van der Waals surface area contributed by atoms with Crippen LogP contribution in [0.3, 0.4) is 0 Å². The summed E-state index contributed by atoms with van der Waals surface area (Å²) >= 11 is 5.12. The zero-order valence-electron chi connectivity index (χ0n) is 9.79. The van der Waals surface area contributed by atoms with Crippen molar-refractivity contribution in [1.82, 2.24) is 0 Å². The predicted octanol–water partition coefficient (Wildman–Crippen LogP) is 2.88. The van der Waals surface area contributed by atoms with E-state index in [9.17, 15) is 4.79 Å². The molecule has 0 aliphatic carbocycles. The van der Waals surface area contributed by atoms with E-state index < -0.39 is 6.10 Å². The second-order valence-corrected chi connectivity index (χ2v) is 4.55. The average Bonchev–Trinajstić information content (AvgIpc) is 2.63. The van der Waals surface area contributed by atoms with Gasteiger partial charge in [-0.15, -0.1) is 0 Å². The highest BCUT2D eigenvalue weighted by Crippen LogP contribution is 2.30. The molecule has 1 saturated heterocycles. The Bertz CT molecular complexity index is 648. The van der Waals surface area contributed by atoms with E-state index in [-0.39, 0.29) is 11.1 Å². The maximum Gasteiger partial charge on any atom is 0.275 e. The number of rotatable bonds is 1. The van der Waals surface area contributed by atoms with Gasteiger partial charge in [0.1, 0.15) is 0 Å². The van der Waals surface area contributed by atoms with Gasteiger partial charge in [-0.2, -0.15) is 0 Å². The van der Waals surface area contributed by atoms with E-state index in [1.54, 1.807) is 6.92 Å². The van der Waals surface area contributed by atoms with Crippen molar-refractivity contribution in [2.75, 3.05) is 4.90 Å². The lowest BCUT2D eigenvalue weighted by Gasteiger charge is -2.15. The molecule has 2 aromatic carbocycles. The van der Waals surface area contributed by atoms with Gasteiger partial charge in [0.2, 0.25) is 0 Å². The Kier molecular flexibility index (Phi) is 2.52. The maximum atomic E-state index is 12.1. The van der Waals surface area contributed by atoms with Crippen LogP contribution in [0.4, 0.5) is 5.69 Å². The van der Waals surface area contributed by atoms with Crippen LogP contribution >= 0.6 is 12.2 Å². The number of carbonyl (C=O) groups is 1. The molecule has 1 unspecified atom stereocenters. The molecule has 0 radical (unpaired) electrons. The molecule has 0 spiro atoms. The van der Waals surface area contributed by atoms with Crippen LogP contribution < -0.4 is 4.90 Å². The number of amides is 1. The van der Waals surface area contributed by atoms with Gasteiger partial charge in [-0.25, -0.2) is 4.90 Å². The number of carbonyl (C=O) groups excluding carboxylic acids is 1. The number of thiocarbonyl (C=S) groups is 1. The van der Waals surface area contributed by atoms with E-state index in [2.05, 4.69) is 0 Å². The summed E-state index contributed by atoms with van der Waals surface area (Å²) in [5, 5.41) is 2.29. The Morgan fingerprint density at radius 2 is 1.89 bits per heavy atom. The smallest absolute Gasteiger partial charge is 0.275 e. The Morgan fingerprint density at radius 1 is 1.17 bits per heavy atom. The molecule has 2 aromatic rings. The lowest BCUT2D eigenvalue weighted by molar-refractivity contribution is -0.121. The minimum Gasteiger partial charge on any atom is -0.457 e. The first kappa shape index (κ1) is 11.2. The minimum atomic E-state index is -0.503. The maximum absolute atomic E-state index is 12.1. The molecule has 1 aliphatic heterocycles. The van der Waals surface area contributed by atoms with E-state index in [1.807, 2.05) is 42.5 Å². The summed E-state index contributed by atoms with van der Waals surface area (Å²) in [7, 11) is 0. The average molecular weight is 257 g/mol. The van der Waals surface area contributed by atoms with Crippen LogP contribution in [0.2, 0.25) is 0 Å². The second kappa shape index (κ2) is 4.07. The molecule has 3 rings (SSSR count). The summed E-state index contributed by atoms with van der Waals surface area (Å²) < 4.78 is 5.30. The van der Waals surface area contributed by atoms with E-state index >= 15 is 0 Å². The highest BCUT2D eigenvalue weighted by atomic mass is 32.1. The van der Waals surface area contributed by atoms with Crippen molar-refractivity contribution < 1.29 is 9.53 Å². The van der Waals surface area contributed by atoms with Crippen molar-refractivity contribution in [3.63, 3.8) is 0 Å². The minimum absolute atomic E-state index is 0.114. The van der Waals surface area contributed by atoms with E-state index in [4.69, 9.17) is 17.0 Å². The van der Waals surface area contributed by atoms with Crippen LogP contribution in [-0.4, -0.2) is 17.2 Å². The molecule has 1 heterocycles. The molecule has 18 heavy (non-hydrogen) atoms. The van der Waals surface area contributed by atoms with Crippen LogP contribution in [0.25, 0.3) is 10.8 Å². The quantitative estimate of drug-likeness (QED) is 0.736. The van der Waals surface area contributed by atoms with Crippen LogP contribution in [0.5, 0.6) is 0 Å². The topological polar surface area (TPSA) is 29.5 Å². The molecule has 90 valence electrons. The van der Waals surface area contributed by atoms with E-state index in [1.165, 1.54) is 4.90 Å². The summed E-state index contributed by atoms with van der Waals surface area (Å²) in [6, 6.07) is 13.7. The van der Waals surface area contributed by atoms with E-state index in [0.29, 0.717) is 0 Å². The molecule has 3 nitrogen and oxygen atoms in total. The van der Waals surface area contributed by atoms with Crippen LogP contribution in [0.15, 0.2) is 42.5 Å². The summed E-state index contributed by atoms with van der Waals surface area (Å²) in [4.78, 5) is 13.5. The van der Waals surface area contributed by atoms with Crippen molar-refractivity contribution in [2.24, 2.45) is 0 Å². The number of benzene rings is 2. The molecule has 0 N–H and O–H groups in total. The lowest BCUT2D eigenvalue weighted by atomic mass is 10.1. The first-order valence-electron chi connectivity index (χ1n) is 5.71. The summed E-state index contributed by atoms with van der Waals surface area (Å²) in [5.74, 6) is -0.114. The molecule has 4 heteroatoms. The van der Waals surface area contributed by atoms with Crippen molar-refractivity contribution in [3.05, 3.63) is 42.5 Å². The first-order chi connectivity index (χ1) is 8.68. The van der Waals surface area contributed by atoms with Crippen LogP contribution in [0.1, 0.15) is 6.92 Å². The fraction of sp³-hybridized carbons (Fsp3) is 0.143. The Labute approximate surface area is 110 Å². The highest BCUT2D eigenvalue weighted by Gasteiger charge is 2.36. The molecule has 1 amide bonds. The zero-order valence-corrected chi connectivity index (χ0v) is 10.6. The fourth-order valence-corrected chi connectivity index (χ4v) is 2.48. The number of hydrogen-bond donors (Lipinski definition) is 0. The van der Waals surface area contributed by atoms with Crippen molar-refractivity contribution >= 4 is 39.8 Å². The van der Waals surface area contributed by atoms with Gasteiger partial charge in [-0.3, -0.25) is 4.79 Å². The SMILES string of the molecule is CC1OC(=S)N(c2cccc3ccccc23)C1=O. The van der Waals surface area contributed by atoms with Crippen LogP contribution in [0, 0.1) is 0 Å². The molecule has 1 aliphatic rings. The third-order valence-electron chi connectivity index (χ3n) is 3.04. The molecular weight excluding hydrogens is 246 g/mol. The van der Waals surface area contributed by atoms with Crippen LogP contribution in [-0.2, 0) is 9.53 Å². The number of fused-ring (bicyclic) bond motifs is 1. The third kappa shape index (κ3) is 1.57. The first-order valence-corrected chi connectivity index (χ1v) is 6.11. The largest absolute Gasteiger partial charge is 0.457 e. The van der Waals surface area contributed by atoms with E-state index in [0.717, 1.165) is 16.5 Å². The monoisotopic (exact) mass is 257 g/mol.